The second kappa shape index (κ2) is 9.20. The van der Waals surface area contributed by atoms with Crippen molar-refractivity contribution in [2.45, 2.75) is 13.1 Å². The van der Waals surface area contributed by atoms with E-state index in [1.165, 1.54) is 13.1 Å². The molecular weight excluding hydrogens is 413 g/mol. The number of hydrogen-bond acceptors (Lipinski definition) is 4. The van der Waals surface area contributed by atoms with E-state index in [1.807, 2.05) is 10.7 Å². The van der Waals surface area contributed by atoms with Gasteiger partial charge >= 0.3 is 18.0 Å². The first-order valence-electron chi connectivity index (χ1n) is 7.95. The van der Waals surface area contributed by atoms with E-state index in [4.69, 9.17) is 11.6 Å². The van der Waals surface area contributed by atoms with Crippen molar-refractivity contribution in [2.24, 2.45) is 5.10 Å². The Bertz CT molecular complexity index is 960. The number of benzene rings is 2. The summed E-state index contributed by atoms with van der Waals surface area (Å²) in [6.07, 6.45) is -3.47. The van der Waals surface area contributed by atoms with Gasteiger partial charge in [0.05, 0.1) is 16.8 Å². The molecule has 29 heavy (non-hydrogen) atoms. The maximum Gasteiger partial charge on any atom is 0.417 e. The van der Waals surface area contributed by atoms with Crippen LogP contribution in [0.2, 0.25) is 5.02 Å². The standard InChI is InChI=1S/C18H14ClF3N4O3/c1-10(27)24-12-4-2-11(3-5-12)9-23-26-17(29)16(28)25-13-6-7-15(19)14(8-13)18(20,21)22/h2-9H,1H3,(H,24,27)(H,25,28)(H,26,29). The van der Waals surface area contributed by atoms with Gasteiger partial charge in [0.1, 0.15) is 0 Å². The van der Waals surface area contributed by atoms with E-state index < -0.39 is 28.6 Å². The summed E-state index contributed by atoms with van der Waals surface area (Å²) in [5.74, 6) is -2.62. The van der Waals surface area contributed by atoms with Crippen molar-refractivity contribution in [3.05, 3.63) is 58.6 Å². The van der Waals surface area contributed by atoms with Gasteiger partial charge in [-0.3, -0.25) is 14.4 Å². The highest BCUT2D eigenvalue weighted by molar-refractivity contribution is 6.39. The van der Waals surface area contributed by atoms with E-state index >= 15 is 0 Å². The number of nitrogens with zero attached hydrogens (tertiary/aromatic N) is 1. The first-order valence-corrected chi connectivity index (χ1v) is 8.33. The van der Waals surface area contributed by atoms with Crippen LogP contribution in [0.25, 0.3) is 0 Å². The number of hydrogen-bond donors (Lipinski definition) is 3. The molecule has 2 rings (SSSR count). The fourth-order valence-electron chi connectivity index (χ4n) is 2.08. The van der Waals surface area contributed by atoms with Crippen molar-refractivity contribution >= 4 is 46.9 Å². The lowest BCUT2D eigenvalue weighted by Crippen LogP contribution is -2.32. The number of anilines is 2. The van der Waals surface area contributed by atoms with Crippen molar-refractivity contribution in [1.29, 1.82) is 0 Å². The maximum absolute atomic E-state index is 12.8. The highest BCUT2D eigenvalue weighted by atomic mass is 35.5. The first kappa shape index (κ1) is 21.9. The van der Waals surface area contributed by atoms with Gasteiger partial charge in [0.2, 0.25) is 5.91 Å². The minimum absolute atomic E-state index is 0.229. The fraction of sp³-hybridized carbons (Fsp3) is 0.111. The molecule has 2 aromatic carbocycles. The molecule has 0 aliphatic heterocycles. The molecule has 0 fully saturated rings. The molecule has 0 atom stereocenters. The Hall–Kier alpha value is -3.40. The highest BCUT2D eigenvalue weighted by Gasteiger charge is 2.33. The lowest BCUT2D eigenvalue weighted by molar-refractivity contribution is -0.137. The lowest BCUT2D eigenvalue weighted by Gasteiger charge is -2.11. The Balaban J connectivity index is 1.95. The van der Waals surface area contributed by atoms with E-state index in [1.54, 1.807) is 24.3 Å². The smallest absolute Gasteiger partial charge is 0.326 e. The molecule has 152 valence electrons. The van der Waals surface area contributed by atoms with Crippen molar-refractivity contribution < 1.29 is 27.6 Å². The quantitative estimate of drug-likeness (QED) is 0.397. The van der Waals surface area contributed by atoms with Crippen molar-refractivity contribution in [3.63, 3.8) is 0 Å². The molecule has 7 nitrogen and oxygen atoms in total. The van der Waals surface area contributed by atoms with Crippen LogP contribution in [-0.4, -0.2) is 23.9 Å². The molecule has 2 aromatic rings. The molecule has 0 aliphatic carbocycles. The second-order valence-corrected chi connectivity index (χ2v) is 6.06. The number of rotatable bonds is 4. The minimum atomic E-state index is -4.71. The highest BCUT2D eigenvalue weighted by Crippen LogP contribution is 2.36. The molecule has 0 spiro atoms. The number of carbonyl (C=O) groups excluding carboxylic acids is 3. The van der Waals surface area contributed by atoms with Crippen LogP contribution < -0.4 is 16.1 Å². The summed E-state index contributed by atoms with van der Waals surface area (Å²) >= 11 is 5.49. The van der Waals surface area contributed by atoms with Gasteiger partial charge in [-0.25, -0.2) is 5.43 Å². The van der Waals surface area contributed by atoms with Gasteiger partial charge in [-0.15, -0.1) is 0 Å². The summed E-state index contributed by atoms with van der Waals surface area (Å²) in [4.78, 5) is 34.5. The monoisotopic (exact) mass is 426 g/mol. The van der Waals surface area contributed by atoms with Crippen LogP contribution in [0.15, 0.2) is 47.6 Å². The first-order chi connectivity index (χ1) is 13.6. The van der Waals surface area contributed by atoms with Gasteiger partial charge in [0.25, 0.3) is 0 Å². The van der Waals surface area contributed by atoms with Gasteiger partial charge in [-0.2, -0.15) is 18.3 Å². The Morgan fingerprint density at radius 1 is 0.966 bits per heavy atom. The predicted molar refractivity (Wildman–Crippen MR) is 102 cm³/mol. The zero-order valence-electron chi connectivity index (χ0n) is 14.8. The molecule has 0 bridgehead atoms. The number of nitrogens with one attached hydrogen (secondary N) is 3. The van der Waals surface area contributed by atoms with Gasteiger partial charge < -0.3 is 10.6 Å². The molecular formula is C18H14ClF3N4O3. The topological polar surface area (TPSA) is 99.7 Å². The Labute approximate surface area is 167 Å². The predicted octanol–water partition coefficient (Wildman–Crippen LogP) is 3.41. The van der Waals surface area contributed by atoms with E-state index in [2.05, 4.69) is 10.4 Å². The molecule has 0 aromatic heterocycles. The Morgan fingerprint density at radius 3 is 2.17 bits per heavy atom. The summed E-state index contributed by atoms with van der Waals surface area (Å²) in [6, 6.07) is 9.13. The summed E-state index contributed by atoms with van der Waals surface area (Å²) in [5, 5.41) is 7.67. The van der Waals surface area contributed by atoms with E-state index in [9.17, 15) is 27.6 Å². The third-order valence-corrected chi connectivity index (χ3v) is 3.68. The Morgan fingerprint density at radius 2 is 1.59 bits per heavy atom. The molecule has 0 heterocycles. The fourth-order valence-corrected chi connectivity index (χ4v) is 2.30. The molecule has 0 radical (unpaired) electrons. The summed E-state index contributed by atoms with van der Waals surface area (Å²) in [6.45, 7) is 1.36. The van der Waals surface area contributed by atoms with Crippen LogP contribution in [0.3, 0.4) is 0 Å². The van der Waals surface area contributed by atoms with E-state index in [0.717, 1.165) is 12.1 Å². The molecule has 0 saturated carbocycles. The third kappa shape index (κ3) is 6.61. The number of amides is 3. The van der Waals surface area contributed by atoms with Crippen molar-refractivity contribution in [3.8, 4) is 0 Å². The SMILES string of the molecule is CC(=O)Nc1ccc(C=NNC(=O)C(=O)Nc2ccc(Cl)c(C(F)(F)F)c2)cc1. The van der Waals surface area contributed by atoms with Gasteiger partial charge in [0, 0.05) is 18.3 Å². The van der Waals surface area contributed by atoms with Crippen molar-refractivity contribution in [2.75, 3.05) is 10.6 Å². The number of halogens is 4. The van der Waals surface area contributed by atoms with Crippen LogP contribution in [0, 0.1) is 0 Å². The molecule has 0 aliphatic rings. The van der Waals surface area contributed by atoms with Crippen molar-refractivity contribution in [1.82, 2.24) is 5.43 Å². The minimum Gasteiger partial charge on any atom is -0.326 e. The molecule has 11 heteroatoms. The third-order valence-electron chi connectivity index (χ3n) is 3.35. The number of carbonyl (C=O) groups is 3. The average Bonchev–Trinajstić information content (AvgIpc) is 2.63. The Kier molecular flexibility index (Phi) is 6.94. The van der Waals surface area contributed by atoms with Crippen LogP contribution in [0.4, 0.5) is 24.5 Å². The van der Waals surface area contributed by atoms with E-state index in [0.29, 0.717) is 17.3 Å². The summed E-state index contributed by atoms with van der Waals surface area (Å²) < 4.78 is 38.5. The number of hydrazone groups is 1. The molecule has 3 amide bonds. The van der Waals surface area contributed by atoms with Crippen LogP contribution in [0.5, 0.6) is 0 Å². The van der Waals surface area contributed by atoms with Gasteiger partial charge in [-0.05, 0) is 35.9 Å². The largest absolute Gasteiger partial charge is 0.417 e. The number of alkyl halides is 3. The summed E-state index contributed by atoms with van der Waals surface area (Å²) in [7, 11) is 0. The maximum atomic E-state index is 12.8. The van der Waals surface area contributed by atoms with Gasteiger partial charge in [0.15, 0.2) is 0 Å². The van der Waals surface area contributed by atoms with Crippen LogP contribution in [-0.2, 0) is 20.6 Å². The van der Waals surface area contributed by atoms with Gasteiger partial charge in [-0.1, -0.05) is 23.7 Å². The second-order valence-electron chi connectivity index (χ2n) is 5.65. The molecule has 3 N–H and O–H groups in total. The average molecular weight is 427 g/mol. The molecule has 0 saturated heterocycles. The lowest BCUT2D eigenvalue weighted by atomic mass is 10.2. The molecule has 0 unspecified atom stereocenters. The van der Waals surface area contributed by atoms with Crippen LogP contribution >= 0.6 is 11.6 Å². The van der Waals surface area contributed by atoms with Crippen LogP contribution in [0.1, 0.15) is 18.1 Å². The van der Waals surface area contributed by atoms with E-state index in [-0.39, 0.29) is 11.6 Å². The summed E-state index contributed by atoms with van der Waals surface area (Å²) in [5.41, 5.74) is 1.69. The zero-order valence-corrected chi connectivity index (χ0v) is 15.6. The zero-order chi connectivity index (χ0) is 21.6. The normalized spacial score (nSPS) is 11.2.